The molecule has 19 heavy (non-hydrogen) atoms. The van der Waals surface area contributed by atoms with Gasteiger partial charge in [-0.1, -0.05) is 30.3 Å². The molecule has 0 aliphatic carbocycles. The van der Waals surface area contributed by atoms with Crippen LogP contribution in [0.5, 0.6) is 11.6 Å². The minimum Gasteiger partial charge on any atom is -0.439 e. The SMILES string of the molecule is c1ccc(Oc2cccc(Cc3cccs3)n2)cc1. The molecule has 0 atom stereocenters. The Morgan fingerprint density at radius 2 is 1.79 bits per heavy atom. The molecule has 94 valence electrons. The smallest absolute Gasteiger partial charge is 0.219 e. The third kappa shape index (κ3) is 3.20. The number of thiophene rings is 1. The van der Waals surface area contributed by atoms with E-state index < -0.39 is 0 Å². The van der Waals surface area contributed by atoms with E-state index in [4.69, 9.17) is 4.74 Å². The molecule has 0 spiro atoms. The normalized spacial score (nSPS) is 10.3. The molecule has 3 rings (SSSR count). The molecule has 0 amide bonds. The van der Waals surface area contributed by atoms with E-state index in [-0.39, 0.29) is 0 Å². The maximum Gasteiger partial charge on any atom is 0.219 e. The predicted octanol–water partition coefficient (Wildman–Crippen LogP) is 4.53. The summed E-state index contributed by atoms with van der Waals surface area (Å²) in [4.78, 5) is 5.84. The third-order valence-electron chi connectivity index (χ3n) is 2.68. The number of pyridine rings is 1. The molecular weight excluding hydrogens is 254 g/mol. The molecular formula is C16H13NOS. The minimum atomic E-state index is 0.639. The molecule has 2 heterocycles. The molecule has 2 nitrogen and oxygen atoms in total. The van der Waals surface area contributed by atoms with Gasteiger partial charge >= 0.3 is 0 Å². The van der Waals surface area contributed by atoms with Gasteiger partial charge in [-0.3, -0.25) is 0 Å². The average molecular weight is 267 g/mol. The van der Waals surface area contributed by atoms with Gasteiger partial charge in [-0.25, -0.2) is 4.98 Å². The standard InChI is InChI=1S/C16H13NOS/c1-2-7-14(8-3-1)18-16-10-4-6-13(17-16)12-15-9-5-11-19-15/h1-11H,12H2. The number of rotatable bonds is 4. The summed E-state index contributed by atoms with van der Waals surface area (Å²) in [6.45, 7) is 0. The zero-order valence-electron chi connectivity index (χ0n) is 10.3. The third-order valence-corrected chi connectivity index (χ3v) is 3.56. The Hall–Kier alpha value is -2.13. The molecule has 0 radical (unpaired) electrons. The van der Waals surface area contributed by atoms with Gasteiger partial charge in [0.25, 0.3) is 0 Å². The quantitative estimate of drug-likeness (QED) is 0.693. The summed E-state index contributed by atoms with van der Waals surface area (Å²) >= 11 is 1.75. The van der Waals surface area contributed by atoms with Crippen LogP contribution in [0.15, 0.2) is 66.0 Å². The van der Waals surface area contributed by atoms with Gasteiger partial charge in [-0.2, -0.15) is 0 Å². The average Bonchev–Trinajstić information content (AvgIpc) is 2.93. The first kappa shape index (κ1) is 11.9. The lowest BCUT2D eigenvalue weighted by Crippen LogP contribution is -1.93. The second-order valence-corrected chi connectivity index (χ2v) is 5.17. The van der Waals surface area contributed by atoms with Crippen molar-refractivity contribution in [2.45, 2.75) is 6.42 Å². The van der Waals surface area contributed by atoms with Gasteiger partial charge < -0.3 is 4.74 Å². The Balaban J connectivity index is 1.76. The maximum atomic E-state index is 5.73. The molecule has 0 bridgehead atoms. The van der Waals surface area contributed by atoms with Crippen LogP contribution in [0.3, 0.4) is 0 Å². The van der Waals surface area contributed by atoms with Gasteiger partial charge in [-0.05, 0) is 29.6 Å². The Labute approximate surface area is 116 Å². The lowest BCUT2D eigenvalue weighted by atomic mass is 10.2. The van der Waals surface area contributed by atoms with E-state index >= 15 is 0 Å². The van der Waals surface area contributed by atoms with Crippen LogP contribution in [0.2, 0.25) is 0 Å². The Bertz CT molecular complexity index is 635. The highest BCUT2D eigenvalue weighted by atomic mass is 32.1. The molecule has 0 N–H and O–H groups in total. The number of ether oxygens (including phenoxy) is 1. The maximum absolute atomic E-state index is 5.73. The van der Waals surface area contributed by atoms with Crippen LogP contribution in [-0.4, -0.2) is 4.98 Å². The molecule has 0 saturated heterocycles. The van der Waals surface area contributed by atoms with Crippen molar-refractivity contribution in [2.24, 2.45) is 0 Å². The number of hydrogen-bond acceptors (Lipinski definition) is 3. The van der Waals surface area contributed by atoms with Crippen LogP contribution >= 0.6 is 11.3 Å². The van der Waals surface area contributed by atoms with Crippen LogP contribution in [0.4, 0.5) is 0 Å². The van der Waals surface area contributed by atoms with Gasteiger partial charge in [0.15, 0.2) is 0 Å². The van der Waals surface area contributed by atoms with Gasteiger partial charge in [0.2, 0.25) is 5.88 Å². The first-order chi connectivity index (χ1) is 9.40. The van der Waals surface area contributed by atoms with Crippen LogP contribution in [0.25, 0.3) is 0 Å². The van der Waals surface area contributed by atoms with Crippen LogP contribution in [-0.2, 0) is 6.42 Å². The van der Waals surface area contributed by atoms with E-state index in [1.165, 1.54) is 4.88 Å². The zero-order chi connectivity index (χ0) is 12.9. The molecule has 2 aromatic heterocycles. The second-order valence-electron chi connectivity index (χ2n) is 4.14. The summed E-state index contributed by atoms with van der Waals surface area (Å²) in [5, 5.41) is 2.08. The van der Waals surface area contributed by atoms with E-state index in [1.54, 1.807) is 11.3 Å². The van der Waals surface area contributed by atoms with Crippen molar-refractivity contribution in [3.63, 3.8) is 0 Å². The van der Waals surface area contributed by atoms with Crippen molar-refractivity contribution < 1.29 is 4.74 Å². The van der Waals surface area contributed by atoms with Gasteiger partial charge in [-0.15, -0.1) is 11.3 Å². The van der Waals surface area contributed by atoms with Crippen LogP contribution in [0.1, 0.15) is 10.6 Å². The first-order valence-corrected chi connectivity index (χ1v) is 6.99. The number of para-hydroxylation sites is 1. The fourth-order valence-electron chi connectivity index (χ4n) is 1.81. The van der Waals surface area contributed by atoms with Crippen molar-refractivity contribution in [2.75, 3.05) is 0 Å². The summed E-state index contributed by atoms with van der Waals surface area (Å²) < 4.78 is 5.73. The highest BCUT2D eigenvalue weighted by molar-refractivity contribution is 7.09. The Morgan fingerprint density at radius 1 is 0.895 bits per heavy atom. The van der Waals surface area contributed by atoms with Crippen molar-refractivity contribution in [1.82, 2.24) is 4.98 Å². The topological polar surface area (TPSA) is 22.1 Å². The van der Waals surface area contributed by atoms with Gasteiger partial charge in [0.05, 0.1) is 0 Å². The van der Waals surface area contributed by atoms with Crippen molar-refractivity contribution in [3.05, 3.63) is 76.6 Å². The summed E-state index contributed by atoms with van der Waals surface area (Å²) in [6, 6.07) is 19.8. The summed E-state index contributed by atoms with van der Waals surface area (Å²) in [7, 11) is 0. The number of hydrogen-bond donors (Lipinski definition) is 0. The fraction of sp³-hybridized carbons (Fsp3) is 0.0625. The highest BCUT2D eigenvalue weighted by Crippen LogP contribution is 2.20. The van der Waals surface area contributed by atoms with E-state index in [1.807, 2.05) is 48.5 Å². The van der Waals surface area contributed by atoms with Crippen molar-refractivity contribution in [1.29, 1.82) is 0 Å². The van der Waals surface area contributed by atoms with E-state index in [0.29, 0.717) is 5.88 Å². The Kier molecular flexibility index (Phi) is 3.56. The lowest BCUT2D eigenvalue weighted by molar-refractivity contribution is 0.461. The molecule has 3 aromatic rings. The molecule has 0 saturated carbocycles. The summed E-state index contributed by atoms with van der Waals surface area (Å²) in [6.07, 6.45) is 0.851. The minimum absolute atomic E-state index is 0.639. The van der Waals surface area contributed by atoms with Gasteiger partial charge in [0.1, 0.15) is 5.75 Å². The number of aromatic nitrogens is 1. The second kappa shape index (κ2) is 5.67. The van der Waals surface area contributed by atoms with E-state index in [2.05, 4.69) is 22.5 Å². The van der Waals surface area contributed by atoms with Crippen molar-refractivity contribution in [3.8, 4) is 11.6 Å². The zero-order valence-corrected chi connectivity index (χ0v) is 11.1. The summed E-state index contributed by atoms with van der Waals surface area (Å²) in [5.74, 6) is 1.45. The highest BCUT2D eigenvalue weighted by Gasteiger charge is 2.02. The molecule has 3 heteroatoms. The number of benzene rings is 1. The largest absolute Gasteiger partial charge is 0.439 e. The van der Waals surface area contributed by atoms with E-state index in [9.17, 15) is 0 Å². The number of nitrogens with zero attached hydrogens (tertiary/aromatic N) is 1. The van der Waals surface area contributed by atoms with Crippen LogP contribution in [0, 0.1) is 0 Å². The van der Waals surface area contributed by atoms with Crippen LogP contribution < -0.4 is 4.74 Å². The first-order valence-electron chi connectivity index (χ1n) is 6.11. The molecule has 0 unspecified atom stereocenters. The molecule has 1 aromatic carbocycles. The lowest BCUT2D eigenvalue weighted by Gasteiger charge is -2.05. The van der Waals surface area contributed by atoms with Crippen molar-refractivity contribution >= 4 is 11.3 Å². The Morgan fingerprint density at radius 3 is 2.58 bits per heavy atom. The monoisotopic (exact) mass is 267 g/mol. The summed E-state index contributed by atoms with van der Waals surface area (Å²) in [5.41, 5.74) is 1.02. The predicted molar refractivity (Wildman–Crippen MR) is 77.9 cm³/mol. The molecule has 0 fully saturated rings. The van der Waals surface area contributed by atoms with Gasteiger partial charge in [0, 0.05) is 23.1 Å². The molecule has 0 aliphatic heterocycles. The fourth-order valence-corrected chi connectivity index (χ4v) is 2.53. The molecule has 0 aliphatic rings. The van der Waals surface area contributed by atoms with E-state index in [0.717, 1.165) is 17.9 Å².